The van der Waals surface area contributed by atoms with Crippen LogP contribution in [-0.4, -0.2) is 18.6 Å². The molecule has 0 heterocycles. The van der Waals surface area contributed by atoms with Gasteiger partial charge in [0.1, 0.15) is 5.75 Å². The van der Waals surface area contributed by atoms with Crippen LogP contribution < -0.4 is 10.1 Å². The van der Waals surface area contributed by atoms with Crippen LogP contribution in [0.5, 0.6) is 5.75 Å². The third-order valence-electron chi connectivity index (χ3n) is 3.10. The summed E-state index contributed by atoms with van der Waals surface area (Å²) in [6, 6.07) is 13.8. The Hall–Kier alpha value is -2.29. The molecule has 3 nitrogen and oxygen atoms in total. The molecule has 0 bridgehead atoms. The molecule has 0 aliphatic rings. The molecule has 0 radical (unpaired) electrons. The van der Waals surface area contributed by atoms with Crippen LogP contribution in [-0.2, 0) is 4.79 Å². The van der Waals surface area contributed by atoms with E-state index in [2.05, 4.69) is 11.9 Å². The fourth-order valence-corrected chi connectivity index (χ4v) is 2.06. The van der Waals surface area contributed by atoms with Crippen LogP contribution in [0.15, 0.2) is 55.1 Å². The molecule has 0 aliphatic heterocycles. The summed E-state index contributed by atoms with van der Waals surface area (Å²) in [5, 5.41) is 4.89. The highest BCUT2D eigenvalue weighted by molar-refractivity contribution is 5.89. The monoisotopic (exact) mass is 269 g/mol. The number of ether oxygens (including phenoxy) is 1. The predicted octanol–water partition coefficient (Wildman–Crippen LogP) is 3.30. The van der Waals surface area contributed by atoms with Gasteiger partial charge in [-0.2, -0.15) is 0 Å². The Morgan fingerprint density at radius 2 is 2.05 bits per heavy atom. The first kappa shape index (κ1) is 14.1. The van der Waals surface area contributed by atoms with Gasteiger partial charge in [-0.25, -0.2) is 0 Å². The molecule has 2 aromatic rings. The minimum atomic E-state index is -0.485. The standard InChI is InChI=1S/C17H19NO2/c1-3-12-18-17(19)15(4-2)20-16-11-7-9-13-8-5-6-10-14(13)16/h3,5-11,15H,1,4,12H2,2H3,(H,18,19)/t15-/m0/s1. The summed E-state index contributed by atoms with van der Waals surface area (Å²) >= 11 is 0. The highest BCUT2D eigenvalue weighted by atomic mass is 16.5. The lowest BCUT2D eigenvalue weighted by molar-refractivity contribution is -0.127. The maximum Gasteiger partial charge on any atom is 0.261 e. The summed E-state index contributed by atoms with van der Waals surface area (Å²) in [5.74, 6) is 0.629. The molecule has 104 valence electrons. The van der Waals surface area contributed by atoms with Crippen molar-refractivity contribution in [3.8, 4) is 5.75 Å². The van der Waals surface area contributed by atoms with Gasteiger partial charge in [0.05, 0.1) is 0 Å². The van der Waals surface area contributed by atoms with Crippen LogP contribution in [0, 0.1) is 0 Å². The minimum absolute atomic E-state index is 0.111. The SMILES string of the molecule is C=CCNC(=O)[C@H](CC)Oc1cccc2ccccc12. The topological polar surface area (TPSA) is 38.3 Å². The van der Waals surface area contributed by atoms with Crippen molar-refractivity contribution in [3.05, 3.63) is 55.1 Å². The van der Waals surface area contributed by atoms with Gasteiger partial charge in [-0.15, -0.1) is 6.58 Å². The molecule has 0 unspecified atom stereocenters. The first-order valence-electron chi connectivity index (χ1n) is 6.79. The lowest BCUT2D eigenvalue weighted by Gasteiger charge is -2.18. The number of hydrogen-bond donors (Lipinski definition) is 1. The summed E-state index contributed by atoms with van der Waals surface area (Å²) in [4.78, 5) is 12.0. The largest absolute Gasteiger partial charge is 0.480 e. The summed E-state index contributed by atoms with van der Waals surface area (Å²) in [7, 11) is 0. The molecule has 20 heavy (non-hydrogen) atoms. The molecule has 0 fully saturated rings. The Labute approximate surface area is 119 Å². The van der Waals surface area contributed by atoms with E-state index in [1.807, 2.05) is 49.4 Å². The highest BCUT2D eigenvalue weighted by Gasteiger charge is 2.18. The van der Waals surface area contributed by atoms with Crippen molar-refractivity contribution in [3.63, 3.8) is 0 Å². The Bertz CT molecular complexity index is 601. The van der Waals surface area contributed by atoms with Gasteiger partial charge in [-0.3, -0.25) is 4.79 Å². The van der Waals surface area contributed by atoms with E-state index in [0.29, 0.717) is 13.0 Å². The highest BCUT2D eigenvalue weighted by Crippen LogP contribution is 2.26. The van der Waals surface area contributed by atoms with Crippen molar-refractivity contribution < 1.29 is 9.53 Å². The molecule has 0 aliphatic carbocycles. The number of carbonyl (C=O) groups is 1. The normalized spacial score (nSPS) is 11.8. The third kappa shape index (κ3) is 3.18. The Morgan fingerprint density at radius 1 is 1.30 bits per heavy atom. The molecule has 3 heteroatoms. The number of rotatable bonds is 6. The predicted molar refractivity (Wildman–Crippen MR) is 81.9 cm³/mol. The molecule has 1 atom stereocenters. The third-order valence-corrected chi connectivity index (χ3v) is 3.10. The van der Waals surface area contributed by atoms with Crippen molar-refractivity contribution in [2.75, 3.05) is 6.54 Å². The number of fused-ring (bicyclic) bond motifs is 1. The van der Waals surface area contributed by atoms with Crippen LogP contribution in [0.3, 0.4) is 0 Å². The molecule has 2 rings (SSSR count). The number of hydrogen-bond acceptors (Lipinski definition) is 2. The maximum absolute atomic E-state index is 12.0. The Morgan fingerprint density at radius 3 is 2.80 bits per heavy atom. The van der Waals surface area contributed by atoms with E-state index >= 15 is 0 Å². The van der Waals surface area contributed by atoms with Crippen molar-refractivity contribution in [1.29, 1.82) is 0 Å². The van der Waals surface area contributed by atoms with Crippen molar-refractivity contribution >= 4 is 16.7 Å². The quantitative estimate of drug-likeness (QED) is 0.817. The van der Waals surface area contributed by atoms with Crippen molar-refractivity contribution in [1.82, 2.24) is 5.32 Å². The van der Waals surface area contributed by atoms with E-state index in [9.17, 15) is 4.79 Å². The molecule has 2 aromatic carbocycles. The molecule has 0 aromatic heterocycles. The maximum atomic E-state index is 12.0. The molecular formula is C17H19NO2. The van der Waals surface area contributed by atoms with Crippen LogP contribution in [0.4, 0.5) is 0 Å². The van der Waals surface area contributed by atoms with Crippen LogP contribution in [0.25, 0.3) is 10.8 Å². The first-order chi connectivity index (χ1) is 9.76. The second-order valence-electron chi connectivity index (χ2n) is 4.53. The number of benzene rings is 2. The van der Waals surface area contributed by atoms with E-state index in [4.69, 9.17) is 4.74 Å². The van der Waals surface area contributed by atoms with Crippen molar-refractivity contribution in [2.45, 2.75) is 19.4 Å². The van der Waals surface area contributed by atoms with Gasteiger partial charge in [-0.05, 0) is 17.9 Å². The zero-order chi connectivity index (χ0) is 14.4. The van der Waals surface area contributed by atoms with Gasteiger partial charge >= 0.3 is 0 Å². The second-order valence-corrected chi connectivity index (χ2v) is 4.53. The van der Waals surface area contributed by atoms with E-state index < -0.39 is 6.10 Å². The van der Waals surface area contributed by atoms with Gasteiger partial charge in [-0.1, -0.05) is 49.4 Å². The zero-order valence-electron chi connectivity index (χ0n) is 11.6. The van der Waals surface area contributed by atoms with Gasteiger partial charge in [0, 0.05) is 11.9 Å². The van der Waals surface area contributed by atoms with Gasteiger partial charge in [0.25, 0.3) is 5.91 Å². The lowest BCUT2D eigenvalue weighted by atomic mass is 10.1. The lowest BCUT2D eigenvalue weighted by Crippen LogP contribution is -2.38. The fourth-order valence-electron chi connectivity index (χ4n) is 2.06. The van der Waals surface area contributed by atoms with Crippen LogP contribution in [0.2, 0.25) is 0 Å². The van der Waals surface area contributed by atoms with E-state index in [1.165, 1.54) is 0 Å². The first-order valence-corrected chi connectivity index (χ1v) is 6.79. The zero-order valence-corrected chi connectivity index (χ0v) is 11.6. The number of nitrogens with one attached hydrogen (secondary N) is 1. The molecule has 1 amide bonds. The average molecular weight is 269 g/mol. The van der Waals surface area contributed by atoms with E-state index in [0.717, 1.165) is 16.5 Å². The molecule has 1 N–H and O–H groups in total. The summed E-state index contributed by atoms with van der Waals surface area (Å²) in [5.41, 5.74) is 0. The molecule has 0 saturated carbocycles. The Balaban J connectivity index is 2.21. The second kappa shape index (κ2) is 6.75. The van der Waals surface area contributed by atoms with Gasteiger partial charge in [0.2, 0.25) is 0 Å². The van der Waals surface area contributed by atoms with Gasteiger partial charge < -0.3 is 10.1 Å². The fraction of sp³-hybridized carbons (Fsp3) is 0.235. The average Bonchev–Trinajstić information content (AvgIpc) is 2.50. The number of carbonyl (C=O) groups excluding carboxylic acids is 1. The minimum Gasteiger partial charge on any atom is -0.480 e. The molecular weight excluding hydrogens is 250 g/mol. The summed E-state index contributed by atoms with van der Waals surface area (Å²) < 4.78 is 5.89. The molecule has 0 saturated heterocycles. The number of amides is 1. The van der Waals surface area contributed by atoms with Crippen molar-refractivity contribution in [2.24, 2.45) is 0 Å². The van der Waals surface area contributed by atoms with E-state index in [1.54, 1.807) is 6.08 Å². The molecule has 0 spiro atoms. The van der Waals surface area contributed by atoms with Crippen LogP contribution in [0.1, 0.15) is 13.3 Å². The van der Waals surface area contributed by atoms with E-state index in [-0.39, 0.29) is 5.91 Å². The summed E-state index contributed by atoms with van der Waals surface area (Å²) in [6.07, 6.45) is 1.79. The van der Waals surface area contributed by atoms with Crippen LogP contribution >= 0.6 is 0 Å². The Kier molecular flexibility index (Phi) is 4.77. The smallest absolute Gasteiger partial charge is 0.261 e. The van der Waals surface area contributed by atoms with Gasteiger partial charge in [0.15, 0.2) is 6.10 Å². The summed E-state index contributed by atoms with van der Waals surface area (Å²) in [6.45, 7) is 5.97.